The number of benzene rings is 2. The quantitative estimate of drug-likeness (QED) is 0.505. The predicted octanol–water partition coefficient (Wildman–Crippen LogP) is 3.49. The van der Waals surface area contributed by atoms with Crippen molar-refractivity contribution in [3.8, 4) is 11.5 Å². The SMILES string of the molecule is COc1cc(OC)cc(C(=O)OCC(=O)c2cc3ccccc3o2)c1. The number of methoxy groups -OCH3 is 2. The van der Waals surface area contributed by atoms with Crippen molar-refractivity contribution in [2.75, 3.05) is 20.8 Å². The van der Waals surface area contributed by atoms with Crippen LogP contribution in [0.3, 0.4) is 0 Å². The van der Waals surface area contributed by atoms with Crippen LogP contribution >= 0.6 is 0 Å². The molecule has 0 aliphatic carbocycles. The standard InChI is InChI=1S/C19H16O6/c1-22-14-7-13(8-15(10-14)23-2)19(21)24-11-16(20)18-9-12-5-3-4-6-17(12)25-18/h3-10H,11H2,1-2H3. The first-order chi connectivity index (χ1) is 12.1. The van der Waals surface area contributed by atoms with Crippen molar-refractivity contribution in [1.29, 1.82) is 0 Å². The minimum absolute atomic E-state index is 0.150. The van der Waals surface area contributed by atoms with Crippen molar-refractivity contribution in [1.82, 2.24) is 0 Å². The summed E-state index contributed by atoms with van der Waals surface area (Å²) in [7, 11) is 2.96. The van der Waals surface area contributed by atoms with Crippen LogP contribution in [-0.4, -0.2) is 32.6 Å². The molecule has 25 heavy (non-hydrogen) atoms. The molecule has 0 aliphatic heterocycles. The maximum absolute atomic E-state index is 12.2. The van der Waals surface area contributed by atoms with E-state index in [2.05, 4.69) is 0 Å². The Bertz CT molecular complexity index is 869. The fourth-order valence-corrected chi connectivity index (χ4v) is 2.33. The minimum Gasteiger partial charge on any atom is -0.497 e. The van der Waals surface area contributed by atoms with Gasteiger partial charge in [0.1, 0.15) is 17.1 Å². The van der Waals surface area contributed by atoms with Crippen LogP contribution in [0.2, 0.25) is 0 Å². The molecular weight excluding hydrogens is 324 g/mol. The number of hydrogen-bond acceptors (Lipinski definition) is 6. The van der Waals surface area contributed by atoms with Gasteiger partial charge in [-0.25, -0.2) is 4.79 Å². The summed E-state index contributed by atoms with van der Waals surface area (Å²) in [4.78, 5) is 24.3. The molecule has 3 rings (SSSR count). The Balaban J connectivity index is 1.70. The molecule has 0 amide bonds. The van der Waals surface area contributed by atoms with Gasteiger partial charge in [0.25, 0.3) is 0 Å². The molecule has 6 heteroatoms. The Hall–Kier alpha value is -3.28. The first-order valence-electron chi connectivity index (χ1n) is 7.52. The van der Waals surface area contributed by atoms with Crippen LogP contribution in [0.15, 0.2) is 52.9 Å². The number of rotatable bonds is 6. The molecule has 2 aromatic carbocycles. The number of fused-ring (bicyclic) bond motifs is 1. The number of carbonyl (C=O) groups excluding carboxylic acids is 2. The number of para-hydroxylation sites is 1. The highest BCUT2D eigenvalue weighted by molar-refractivity contribution is 6.00. The van der Waals surface area contributed by atoms with Crippen LogP contribution in [-0.2, 0) is 4.74 Å². The molecule has 0 atom stereocenters. The lowest BCUT2D eigenvalue weighted by atomic mass is 10.2. The molecule has 0 bridgehead atoms. The lowest BCUT2D eigenvalue weighted by Gasteiger charge is -2.08. The van der Waals surface area contributed by atoms with Crippen molar-refractivity contribution >= 4 is 22.7 Å². The van der Waals surface area contributed by atoms with Gasteiger partial charge in [0.15, 0.2) is 12.4 Å². The second kappa shape index (κ2) is 7.09. The topological polar surface area (TPSA) is 75.0 Å². The second-order valence-electron chi connectivity index (χ2n) is 5.25. The van der Waals surface area contributed by atoms with Crippen LogP contribution in [0.25, 0.3) is 11.0 Å². The summed E-state index contributed by atoms with van der Waals surface area (Å²) < 4.78 is 20.8. The van der Waals surface area contributed by atoms with Crippen LogP contribution in [0.4, 0.5) is 0 Å². The van der Waals surface area contributed by atoms with Crippen molar-refractivity contribution in [2.45, 2.75) is 0 Å². The van der Waals surface area contributed by atoms with E-state index < -0.39 is 18.4 Å². The summed E-state index contributed by atoms with van der Waals surface area (Å²) in [6, 6.07) is 13.5. The zero-order valence-corrected chi connectivity index (χ0v) is 13.8. The van der Waals surface area contributed by atoms with E-state index in [0.29, 0.717) is 17.1 Å². The first kappa shape index (κ1) is 16.6. The molecule has 1 aromatic heterocycles. The summed E-state index contributed by atoms with van der Waals surface area (Å²) in [5, 5.41) is 0.815. The zero-order valence-electron chi connectivity index (χ0n) is 13.8. The van der Waals surface area contributed by atoms with Gasteiger partial charge in [-0.3, -0.25) is 4.79 Å². The molecule has 3 aromatic rings. The number of Topliss-reactive ketones (excluding diaryl/α,β-unsaturated/α-hetero) is 1. The van der Waals surface area contributed by atoms with Gasteiger partial charge >= 0.3 is 5.97 Å². The van der Waals surface area contributed by atoms with Crippen LogP contribution in [0, 0.1) is 0 Å². The van der Waals surface area contributed by atoms with E-state index in [9.17, 15) is 9.59 Å². The zero-order chi connectivity index (χ0) is 17.8. The lowest BCUT2D eigenvalue weighted by molar-refractivity contribution is 0.0468. The molecule has 1 heterocycles. The van der Waals surface area contributed by atoms with Gasteiger partial charge in [-0.05, 0) is 24.3 Å². The smallest absolute Gasteiger partial charge is 0.338 e. The summed E-state index contributed by atoms with van der Waals surface area (Å²) in [5.74, 6) is -0.0110. The van der Waals surface area contributed by atoms with E-state index in [-0.39, 0.29) is 11.3 Å². The number of carbonyl (C=O) groups is 2. The number of ether oxygens (including phenoxy) is 3. The average Bonchev–Trinajstić information content (AvgIpc) is 3.09. The number of furan rings is 1. The van der Waals surface area contributed by atoms with E-state index in [1.54, 1.807) is 18.2 Å². The van der Waals surface area contributed by atoms with Gasteiger partial charge < -0.3 is 18.6 Å². The molecule has 0 unspecified atom stereocenters. The first-order valence-corrected chi connectivity index (χ1v) is 7.52. The Kier molecular flexibility index (Phi) is 4.70. The van der Waals surface area contributed by atoms with Crippen LogP contribution in [0.1, 0.15) is 20.9 Å². The second-order valence-corrected chi connectivity index (χ2v) is 5.25. The Morgan fingerprint density at radius 2 is 1.64 bits per heavy atom. The maximum Gasteiger partial charge on any atom is 0.338 e. The fourth-order valence-electron chi connectivity index (χ4n) is 2.33. The third kappa shape index (κ3) is 3.63. The Morgan fingerprint density at radius 1 is 0.960 bits per heavy atom. The van der Waals surface area contributed by atoms with Crippen LogP contribution in [0.5, 0.6) is 11.5 Å². The highest BCUT2D eigenvalue weighted by Gasteiger charge is 2.17. The Labute approximate surface area is 143 Å². The normalized spacial score (nSPS) is 10.5. The molecule has 0 saturated heterocycles. The molecule has 0 aliphatic rings. The van der Waals surface area contributed by atoms with E-state index >= 15 is 0 Å². The van der Waals surface area contributed by atoms with Gasteiger partial charge in [0.05, 0.1) is 19.8 Å². The van der Waals surface area contributed by atoms with Gasteiger partial charge in [-0.15, -0.1) is 0 Å². The maximum atomic E-state index is 12.2. The van der Waals surface area contributed by atoms with Crippen molar-refractivity contribution in [2.24, 2.45) is 0 Å². The highest BCUT2D eigenvalue weighted by Crippen LogP contribution is 2.23. The van der Waals surface area contributed by atoms with Gasteiger partial charge in [0, 0.05) is 11.5 Å². The third-order valence-corrected chi connectivity index (χ3v) is 3.62. The van der Waals surface area contributed by atoms with Gasteiger partial charge in [-0.1, -0.05) is 18.2 Å². The summed E-state index contributed by atoms with van der Waals surface area (Å²) in [6.45, 7) is -0.418. The monoisotopic (exact) mass is 340 g/mol. The number of hydrogen-bond donors (Lipinski definition) is 0. The third-order valence-electron chi connectivity index (χ3n) is 3.62. The molecule has 0 fully saturated rings. The molecule has 0 spiro atoms. The molecule has 0 N–H and O–H groups in total. The Morgan fingerprint density at radius 3 is 2.28 bits per heavy atom. The van der Waals surface area contributed by atoms with Crippen molar-refractivity contribution in [3.05, 3.63) is 59.9 Å². The van der Waals surface area contributed by atoms with E-state index in [1.165, 1.54) is 26.4 Å². The molecule has 0 saturated carbocycles. The van der Waals surface area contributed by atoms with Gasteiger partial charge in [-0.2, -0.15) is 0 Å². The lowest BCUT2D eigenvalue weighted by Crippen LogP contribution is -2.14. The number of esters is 1. The average molecular weight is 340 g/mol. The van der Waals surface area contributed by atoms with E-state index in [1.807, 2.05) is 18.2 Å². The number of ketones is 1. The molecule has 6 nitrogen and oxygen atoms in total. The predicted molar refractivity (Wildman–Crippen MR) is 90.4 cm³/mol. The highest BCUT2D eigenvalue weighted by atomic mass is 16.5. The van der Waals surface area contributed by atoms with Crippen LogP contribution < -0.4 is 9.47 Å². The molecule has 0 radical (unpaired) electrons. The largest absolute Gasteiger partial charge is 0.497 e. The van der Waals surface area contributed by atoms with Crippen molar-refractivity contribution in [3.63, 3.8) is 0 Å². The minimum atomic E-state index is -0.651. The van der Waals surface area contributed by atoms with E-state index in [4.69, 9.17) is 18.6 Å². The van der Waals surface area contributed by atoms with E-state index in [0.717, 1.165) is 5.39 Å². The van der Waals surface area contributed by atoms with Crippen molar-refractivity contribution < 1.29 is 28.2 Å². The summed E-state index contributed by atoms with van der Waals surface area (Å²) in [5.41, 5.74) is 0.836. The fraction of sp³-hybridized carbons (Fsp3) is 0.158. The molecule has 128 valence electrons. The summed E-state index contributed by atoms with van der Waals surface area (Å²) >= 11 is 0. The van der Waals surface area contributed by atoms with Gasteiger partial charge in [0.2, 0.25) is 5.78 Å². The summed E-state index contributed by atoms with van der Waals surface area (Å²) in [6.07, 6.45) is 0. The molecular formula is C19H16O6.